The van der Waals surface area contributed by atoms with Crippen LogP contribution in [0.3, 0.4) is 0 Å². The van der Waals surface area contributed by atoms with Gasteiger partial charge in [0.15, 0.2) is 17.5 Å². The van der Waals surface area contributed by atoms with Gasteiger partial charge in [-0.05, 0) is 0 Å². The fourth-order valence-electron chi connectivity index (χ4n) is 1.20. The van der Waals surface area contributed by atoms with E-state index in [9.17, 15) is 39.5 Å². The summed E-state index contributed by atoms with van der Waals surface area (Å²) in [6.07, 6.45) is -11.3. The molecule has 0 fully saturated rings. The van der Waals surface area contributed by atoms with Gasteiger partial charge in [0.25, 0.3) is 0 Å². The third kappa shape index (κ3) is 2.18. The molecule has 102 valence electrons. The van der Waals surface area contributed by atoms with E-state index in [0.29, 0.717) is 0 Å². The topological polar surface area (TPSA) is 26.0 Å². The Morgan fingerprint density at radius 2 is 0.944 bits per heavy atom. The Balaban J connectivity index is 3.79. The quantitative estimate of drug-likeness (QED) is 0.438. The number of benzene rings is 1. The fraction of sp³-hybridized carbons (Fsp3) is 0.250. The van der Waals surface area contributed by atoms with Crippen LogP contribution in [-0.4, -0.2) is 0 Å². The van der Waals surface area contributed by atoms with Crippen molar-refractivity contribution in [1.29, 1.82) is 0 Å². The Kier molecular flexibility index (Phi) is 3.17. The lowest BCUT2D eigenvalue weighted by atomic mass is 10.1. The zero-order chi connectivity index (χ0) is 14.5. The molecule has 0 aromatic heterocycles. The SMILES string of the molecule is Nc1c(F)c(C(F)(F)F)c(F)c(F)c1C(F)(F)F. The molecular weight excluding hydrogens is 281 g/mol. The van der Waals surface area contributed by atoms with E-state index in [4.69, 9.17) is 0 Å². The van der Waals surface area contributed by atoms with Crippen LogP contribution in [0.5, 0.6) is 0 Å². The van der Waals surface area contributed by atoms with Gasteiger partial charge in [-0.15, -0.1) is 0 Å². The highest BCUT2D eigenvalue weighted by atomic mass is 19.4. The molecule has 0 unspecified atom stereocenters. The van der Waals surface area contributed by atoms with Crippen molar-refractivity contribution in [2.75, 3.05) is 5.73 Å². The molecule has 2 N–H and O–H groups in total. The molecule has 0 heterocycles. The number of rotatable bonds is 0. The van der Waals surface area contributed by atoms with E-state index in [2.05, 4.69) is 5.73 Å². The molecule has 1 nitrogen and oxygen atoms in total. The fourth-order valence-corrected chi connectivity index (χ4v) is 1.20. The Morgan fingerprint density at radius 3 is 1.28 bits per heavy atom. The van der Waals surface area contributed by atoms with Gasteiger partial charge >= 0.3 is 12.4 Å². The third-order valence-corrected chi connectivity index (χ3v) is 1.92. The number of hydrogen-bond donors (Lipinski definition) is 1. The molecule has 1 rings (SSSR count). The molecule has 0 bridgehead atoms. The van der Waals surface area contributed by atoms with E-state index in [1.54, 1.807) is 0 Å². The predicted molar refractivity (Wildman–Crippen MR) is 40.7 cm³/mol. The van der Waals surface area contributed by atoms with E-state index >= 15 is 0 Å². The minimum Gasteiger partial charge on any atom is -0.396 e. The van der Waals surface area contributed by atoms with Crippen LogP contribution in [0.2, 0.25) is 0 Å². The van der Waals surface area contributed by atoms with E-state index in [0.717, 1.165) is 0 Å². The second-order valence-corrected chi connectivity index (χ2v) is 3.10. The van der Waals surface area contributed by atoms with Crippen LogP contribution in [0.15, 0.2) is 0 Å². The second-order valence-electron chi connectivity index (χ2n) is 3.10. The number of hydrogen-bond acceptors (Lipinski definition) is 1. The van der Waals surface area contributed by atoms with Gasteiger partial charge in [-0.3, -0.25) is 0 Å². The van der Waals surface area contributed by atoms with Crippen LogP contribution >= 0.6 is 0 Å². The zero-order valence-electron chi connectivity index (χ0n) is 7.98. The molecule has 0 spiro atoms. The Hall–Kier alpha value is -1.61. The van der Waals surface area contributed by atoms with Crippen molar-refractivity contribution in [3.8, 4) is 0 Å². The van der Waals surface area contributed by atoms with Gasteiger partial charge in [-0.25, -0.2) is 13.2 Å². The highest BCUT2D eigenvalue weighted by molar-refractivity contribution is 5.54. The highest BCUT2D eigenvalue weighted by Crippen LogP contribution is 2.43. The van der Waals surface area contributed by atoms with E-state index in [-0.39, 0.29) is 0 Å². The van der Waals surface area contributed by atoms with Gasteiger partial charge < -0.3 is 5.73 Å². The minimum atomic E-state index is -5.72. The standard InChI is InChI=1S/C8H2F9N/c9-3-1(7(12,13)14)5(11)6(18)2(4(3)10)8(15,16)17/h18H2. The maximum Gasteiger partial charge on any atom is 0.422 e. The minimum absolute atomic E-state index is 2.14. The third-order valence-electron chi connectivity index (χ3n) is 1.92. The van der Waals surface area contributed by atoms with Gasteiger partial charge in [0, 0.05) is 0 Å². The van der Waals surface area contributed by atoms with Crippen molar-refractivity contribution in [1.82, 2.24) is 0 Å². The Labute approximate surface area is 93.0 Å². The molecule has 0 aliphatic rings. The van der Waals surface area contributed by atoms with Crippen molar-refractivity contribution in [2.24, 2.45) is 0 Å². The smallest absolute Gasteiger partial charge is 0.396 e. The molecule has 10 heteroatoms. The number of anilines is 1. The number of nitrogen functional groups attached to an aromatic ring is 1. The Bertz CT molecular complexity index is 411. The maximum atomic E-state index is 13.0. The van der Waals surface area contributed by atoms with Crippen LogP contribution < -0.4 is 5.73 Å². The summed E-state index contributed by atoms with van der Waals surface area (Å²) in [5, 5.41) is 0. The van der Waals surface area contributed by atoms with Crippen LogP contribution in [0.1, 0.15) is 11.1 Å². The van der Waals surface area contributed by atoms with Crippen molar-refractivity contribution in [3.05, 3.63) is 28.6 Å². The molecular formula is C8H2F9N. The van der Waals surface area contributed by atoms with E-state index in [1.165, 1.54) is 0 Å². The lowest BCUT2D eigenvalue weighted by molar-refractivity contribution is -0.147. The molecule has 1 aromatic rings. The molecule has 0 atom stereocenters. The van der Waals surface area contributed by atoms with Crippen LogP contribution in [0.25, 0.3) is 0 Å². The van der Waals surface area contributed by atoms with Gasteiger partial charge in [0.1, 0.15) is 11.1 Å². The Morgan fingerprint density at radius 1 is 0.611 bits per heavy atom. The maximum absolute atomic E-state index is 13.0. The molecule has 0 saturated carbocycles. The summed E-state index contributed by atoms with van der Waals surface area (Å²) >= 11 is 0. The molecule has 0 radical (unpaired) electrons. The summed E-state index contributed by atoms with van der Waals surface area (Å²) < 4.78 is 112. The van der Waals surface area contributed by atoms with Gasteiger partial charge in [-0.2, -0.15) is 26.3 Å². The first kappa shape index (κ1) is 14.5. The predicted octanol–water partition coefficient (Wildman–Crippen LogP) is 3.72. The molecule has 1 aromatic carbocycles. The summed E-state index contributed by atoms with van der Waals surface area (Å²) in [6, 6.07) is 0. The molecule has 0 saturated heterocycles. The first-order chi connectivity index (χ1) is 7.89. The summed E-state index contributed by atoms with van der Waals surface area (Å²) in [7, 11) is 0. The summed E-state index contributed by atoms with van der Waals surface area (Å²) in [5.41, 5.74) is -3.12. The molecule has 18 heavy (non-hydrogen) atoms. The largest absolute Gasteiger partial charge is 0.422 e. The van der Waals surface area contributed by atoms with Crippen molar-refractivity contribution in [3.63, 3.8) is 0 Å². The summed E-state index contributed by atoms with van der Waals surface area (Å²) in [4.78, 5) is 0. The lowest BCUT2D eigenvalue weighted by Gasteiger charge is -2.16. The number of nitrogens with two attached hydrogens (primary N) is 1. The van der Waals surface area contributed by atoms with Crippen molar-refractivity contribution in [2.45, 2.75) is 12.4 Å². The number of alkyl halides is 6. The normalized spacial score (nSPS) is 12.9. The monoisotopic (exact) mass is 283 g/mol. The van der Waals surface area contributed by atoms with Gasteiger partial charge in [0.05, 0.1) is 5.69 Å². The average molecular weight is 283 g/mol. The van der Waals surface area contributed by atoms with Crippen molar-refractivity contribution >= 4 is 5.69 Å². The highest BCUT2D eigenvalue weighted by Gasteiger charge is 2.46. The summed E-state index contributed by atoms with van der Waals surface area (Å²) in [6.45, 7) is 0. The van der Waals surface area contributed by atoms with Crippen LogP contribution in [0.4, 0.5) is 45.2 Å². The van der Waals surface area contributed by atoms with Crippen LogP contribution in [0, 0.1) is 17.5 Å². The van der Waals surface area contributed by atoms with Crippen LogP contribution in [-0.2, 0) is 12.4 Å². The van der Waals surface area contributed by atoms with Gasteiger partial charge in [-0.1, -0.05) is 0 Å². The number of halogens is 9. The first-order valence-electron chi connectivity index (χ1n) is 3.99. The zero-order valence-corrected chi connectivity index (χ0v) is 7.98. The van der Waals surface area contributed by atoms with Gasteiger partial charge in [0.2, 0.25) is 0 Å². The first-order valence-corrected chi connectivity index (χ1v) is 3.99. The molecule has 0 aliphatic heterocycles. The van der Waals surface area contributed by atoms with E-state index < -0.39 is 46.6 Å². The molecule has 0 aliphatic carbocycles. The van der Waals surface area contributed by atoms with Crippen molar-refractivity contribution < 1.29 is 39.5 Å². The molecule has 0 amide bonds. The van der Waals surface area contributed by atoms with E-state index in [1.807, 2.05) is 0 Å². The summed E-state index contributed by atoms with van der Waals surface area (Å²) in [5.74, 6) is -8.58. The second kappa shape index (κ2) is 3.95. The lowest BCUT2D eigenvalue weighted by Crippen LogP contribution is -2.21. The average Bonchev–Trinajstić information content (AvgIpc) is 2.10.